The summed E-state index contributed by atoms with van der Waals surface area (Å²) in [6.07, 6.45) is 2.48. The van der Waals surface area contributed by atoms with Gasteiger partial charge in [-0.1, -0.05) is 41.9 Å². The Bertz CT molecular complexity index is 1100. The van der Waals surface area contributed by atoms with Crippen LogP contribution < -0.4 is 5.32 Å². The molecule has 32 heavy (non-hydrogen) atoms. The Morgan fingerprint density at radius 1 is 1.03 bits per heavy atom. The van der Waals surface area contributed by atoms with E-state index < -0.39 is 6.04 Å². The maximum absolute atomic E-state index is 13.1. The number of rotatable bonds is 6. The van der Waals surface area contributed by atoms with Crippen molar-refractivity contribution in [2.75, 3.05) is 13.1 Å². The number of hydrogen-bond acceptors (Lipinski definition) is 3. The van der Waals surface area contributed by atoms with Gasteiger partial charge in [-0.05, 0) is 56.5 Å². The van der Waals surface area contributed by atoms with Crippen molar-refractivity contribution in [1.82, 2.24) is 20.0 Å². The van der Waals surface area contributed by atoms with Gasteiger partial charge in [-0.15, -0.1) is 0 Å². The Hall–Kier alpha value is -3.12. The van der Waals surface area contributed by atoms with Crippen molar-refractivity contribution >= 4 is 23.4 Å². The van der Waals surface area contributed by atoms with Gasteiger partial charge in [-0.2, -0.15) is 5.10 Å². The molecule has 7 heteroatoms. The number of likely N-dealkylation sites (tertiary alicyclic amines) is 1. The van der Waals surface area contributed by atoms with Crippen LogP contribution in [-0.2, 0) is 11.2 Å². The van der Waals surface area contributed by atoms with Crippen LogP contribution >= 0.6 is 11.6 Å². The van der Waals surface area contributed by atoms with Gasteiger partial charge in [0.25, 0.3) is 5.91 Å². The minimum absolute atomic E-state index is 0.0198. The quantitative estimate of drug-likeness (QED) is 0.614. The smallest absolute Gasteiger partial charge is 0.251 e. The van der Waals surface area contributed by atoms with E-state index in [0.717, 1.165) is 48.6 Å². The molecule has 2 amide bonds. The molecule has 1 fully saturated rings. The van der Waals surface area contributed by atoms with Crippen LogP contribution in [0, 0.1) is 13.8 Å². The third kappa shape index (κ3) is 4.70. The van der Waals surface area contributed by atoms with Crippen LogP contribution in [-0.4, -0.2) is 45.6 Å². The van der Waals surface area contributed by atoms with Gasteiger partial charge in [0, 0.05) is 25.1 Å². The first-order valence-corrected chi connectivity index (χ1v) is 11.3. The van der Waals surface area contributed by atoms with Crippen LogP contribution in [0.3, 0.4) is 0 Å². The topological polar surface area (TPSA) is 67.2 Å². The number of halogens is 1. The van der Waals surface area contributed by atoms with Crippen molar-refractivity contribution in [3.8, 4) is 5.69 Å². The van der Waals surface area contributed by atoms with Crippen LogP contribution in [0.15, 0.2) is 54.6 Å². The molecule has 0 saturated carbocycles. The fourth-order valence-corrected chi connectivity index (χ4v) is 4.20. The third-order valence-electron chi connectivity index (χ3n) is 5.88. The predicted octanol–water partition coefficient (Wildman–Crippen LogP) is 4.11. The standard InChI is InChI=1S/C25H27ClN4O2/c1-17-23(26)18(2)30(28-17)21-12-10-20(11-13-21)24(31)27-22(16-19-8-4-3-5-9-19)25(32)29-14-6-7-15-29/h3-5,8-13,22H,6-7,14-16H2,1-2H3,(H,27,31). The molecule has 166 valence electrons. The average Bonchev–Trinajstić information content (AvgIpc) is 3.44. The van der Waals surface area contributed by atoms with Gasteiger partial charge >= 0.3 is 0 Å². The minimum atomic E-state index is -0.600. The van der Waals surface area contributed by atoms with Gasteiger partial charge in [0.1, 0.15) is 6.04 Å². The van der Waals surface area contributed by atoms with E-state index in [0.29, 0.717) is 17.0 Å². The van der Waals surface area contributed by atoms with E-state index >= 15 is 0 Å². The van der Waals surface area contributed by atoms with Crippen LogP contribution in [0.4, 0.5) is 0 Å². The molecule has 1 N–H and O–H groups in total. The number of carbonyl (C=O) groups is 2. The lowest BCUT2D eigenvalue weighted by molar-refractivity contribution is -0.132. The van der Waals surface area contributed by atoms with Gasteiger partial charge in [0.2, 0.25) is 5.91 Å². The van der Waals surface area contributed by atoms with Gasteiger partial charge in [-0.25, -0.2) is 4.68 Å². The number of benzene rings is 2. The number of hydrogen-bond donors (Lipinski definition) is 1. The molecule has 1 aromatic heterocycles. The molecule has 1 unspecified atom stereocenters. The molecule has 0 spiro atoms. The molecule has 1 saturated heterocycles. The zero-order valence-corrected chi connectivity index (χ0v) is 19.1. The lowest BCUT2D eigenvalue weighted by Crippen LogP contribution is -2.49. The molecule has 2 heterocycles. The first-order chi connectivity index (χ1) is 15.4. The summed E-state index contributed by atoms with van der Waals surface area (Å²) < 4.78 is 1.76. The Morgan fingerprint density at radius 3 is 2.28 bits per heavy atom. The molecular weight excluding hydrogens is 424 g/mol. The molecule has 4 rings (SSSR count). The normalized spacial score (nSPS) is 14.4. The summed E-state index contributed by atoms with van der Waals surface area (Å²) in [4.78, 5) is 28.0. The first kappa shape index (κ1) is 22.1. The lowest BCUT2D eigenvalue weighted by Gasteiger charge is -2.24. The molecule has 0 aliphatic carbocycles. The number of amides is 2. The summed E-state index contributed by atoms with van der Waals surface area (Å²) in [5.41, 5.74) is 3.94. The Kier molecular flexibility index (Phi) is 6.61. The summed E-state index contributed by atoms with van der Waals surface area (Å²) in [5, 5.41) is 8.05. The average molecular weight is 451 g/mol. The van der Waals surface area contributed by atoms with Crippen LogP contribution in [0.1, 0.15) is 40.2 Å². The fraction of sp³-hybridized carbons (Fsp3) is 0.320. The summed E-state index contributed by atoms with van der Waals surface area (Å²) in [6.45, 7) is 5.26. The Morgan fingerprint density at radius 2 is 1.69 bits per heavy atom. The Balaban J connectivity index is 1.52. The fourth-order valence-electron chi connectivity index (χ4n) is 4.08. The summed E-state index contributed by atoms with van der Waals surface area (Å²) in [6, 6.07) is 16.3. The number of nitrogens with one attached hydrogen (secondary N) is 1. The van der Waals surface area contributed by atoms with Crippen molar-refractivity contribution in [2.45, 2.75) is 39.2 Å². The number of aryl methyl sites for hydroxylation is 1. The highest BCUT2D eigenvalue weighted by Crippen LogP contribution is 2.22. The van der Waals surface area contributed by atoms with E-state index in [1.54, 1.807) is 16.8 Å². The predicted molar refractivity (Wildman–Crippen MR) is 125 cm³/mol. The SMILES string of the molecule is Cc1nn(-c2ccc(C(=O)NC(Cc3ccccc3)C(=O)N3CCCC3)cc2)c(C)c1Cl. The molecule has 0 bridgehead atoms. The molecule has 1 aliphatic rings. The molecular formula is C25H27ClN4O2. The second kappa shape index (κ2) is 9.57. The second-order valence-corrected chi connectivity index (χ2v) is 8.57. The highest BCUT2D eigenvalue weighted by Gasteiger charge is 2.28. The monoisotopic (exact) mass is 450 g/mol. The molecule has 2 aromatic carbocycles. The second-order valence-electron chi connectivity index (χ2n) is 8.19. The third-order valence-corrected chi connectivity index (χ3v) is 6.43. The van der Waals surface area contributed by atoms with Crippen molar-refractivity contribution < 1.29 is 9.59 Å². The molecule has 3 aromatic rings. The molecule has 1 aliphatic heterocycles. The van der Waals surface area contributed by atoms with E-state index in [4.69, 9.17) is 11.6 Å². The van der Waals surface area contributed by atoms with Crippen molar-refractivity contribution in [2.24, 2.45) is 0 Å². The van der Waals surface area contributed by atoms with Gasteiger partial charge in [0.15, 0.2) is 0 Å². The van der Waals surface area contributed by atoms with E-state index in [9.17, 15) is 9.59 Å². The molecule has 0 radical (unpaired) electrons. The van der Waals surface area contributed by atoms with Gasteiger partial charge in [0.05, 0.1) is 22.1 Å². The maximum Gasteiger partial charge on any atom is 0.251 e. The van der Waals surface area contributed by atoms with Crippen LogP contribution in [0.25, 0.3) is 5.69 Å². The van der Waals surface area contributed by atoms with Crippen LogP contribution in [0.5, 0.6) is 0 Å². The van der Waals surface area contributed by atoms with Gasteiger partial charge in [-0.3, -0.25) is 9.59 Å². The Labute approximate surface area is 193 Å². The first-order valence-electron chi connectivity index (χ1n) is 10.9. The zero-order chi connectivity index (χ0) is 22.7. The van der Waals surface area contributed by atoms with Crippen LogP contribution in [0.2, 0.25) is 5.02 Å². The van der Waals surface area contributed by atoms with E-state index in [2.05, 4.69) is 10.4 Å². The van der Waals surface area contributed by atoms with E-state index in [1.165, 1.54) is 0 Å². The van der Waals surface area contributed by atoms with E-state index in [-0.39, 0.29) is 11.8 Å². The summed E-state index contributed by atoms with van der Waals surface area (Å²) in [5.74, 6) is -0.287. The van der Waals surface area contributed by atoms with Gasteiger partial charge < -0.3 is 10.2 Å². The highest BCUT2D eigenvalue weighted by molar-refractivity contribution is 6.31. The van der Waals surface area contributed by atoms with Crippen molar-refractivity contribution in [3.63, 3.8) is 0 Å². The summed E-state index contributed by atoms with van der Waals surface area (Å²) >= 11 is 6.25. The highest BCUT2D eigenvalue weighted by atomic mass is 35.5. The maximum atomic E-state index is 13.1. The minimum Gasteiger partial charge on any atom is -0.341 e. The lowest BCUT2D eigenvalue weighted by atomic mass is 10.0. The molecule has 1 atom stereocenters. The van der Waals surface area contributed by atoms with Crippen molar-refractivity contribution in [1.29, 1.82) is 0 Å². The van der Waals surface area contributed by atoms with Crippen molar-refractivity contribution in [3.05, 3.63) is 82.1 Å². The largest absolute Gasteiger partial charge is 0.341 e. The summed E-state index contributed by atoms with van der Waals surface area (Å²) in [7, 11) is 0. The molecule has 6 nitrogen and oxygen atoms in total. The zero-order valence-electron chi connectivity index (χ0n) is 18.3. The number of nitrogens with zero attached hydrogens (tertiary/aromatic N) is 3. The number of aromatic nitrogens is 2. The number of carbonyl (C=O) groups excluding carboxylic acids is 2. The van der Waals surface area contributed by atoms with E-state index in [1.807, 2.05) is 61.2 Å².